The second-order valence-electron chi connectivity index (χ2n) is 4.03. The van der Waals surface area contributed by atoms with E-state index < -0.39 is 0 Å². The summed E-state index contributed by atoms with van der Waals surface area (Å²) in [6.45, 7) is 1.97. The number of rotatable bonds is 2. The third-order valence-corrected chi connectivity index (χ3v) is 5.00. The second kappa shape index (κ2) is 6.08. The third-order valence-electron chi connectivity index (χ3n) is 2.67. The van der Waals surface area contributed by atoms with Crippen LogP contribution in [0.3, 0.4) is 0 Å². The molecule has 2 aromatic carbocycles. The highest BCUT2D eigenvalue weighted by molar-refractivity contribution is 9.11. The Balaban J connectivity index is 2.56. The van der Waals surface area contributed by atoms with E-state index in [-0.39, 0.29) is 5.78 Å². The van der Waals surface area contributed by atoms with Crippen LogP contribution in [0.5, 0.6) is 0 Å². The van der Waals surface area contributed by atoms with E-state index in [0.29, 0.717) is 16.1 Å². The lowest BCUT2D eigenvalue weighted by atomic mass is 10.0. The summed E-state index contributed by atoms with van der Waals surface area (Å²) < 4.78 is 2.47. The number of hydrogen-bond donors (Lipinski definition) is 0. The summed E-state index contributed by atoms with van der Waals surface area (Å²) in [4.78, 5) is 12.5. The summed E-state index contributed by atoms with van der Waals surface area (Å²) in [6, 6.07) is 8.95. The molecule has 0 fully saturated rings. The van der Waals surface area contributed by atoms with Gasteiger partial charge < -0.3 is 0 Å². The molecular weight excluding hydrogens is 459 g/mol. The Labute approximate surface area is 141 Å². The lowest BCUT2D eigenvalue weighted by Gasteiger charge is -2.09. The van der Waals surface area contributed by atoms with Crippen LogP contribution in [0.4, 0.5) is 0 Å². The van der Waals surface area contributed by atoms with E-state index in [4.69, 9.17) is 11.6 Å². The average Bonchev–Trinajstić information content (AvgIpc) is 2.36. The molecule has 0 saturated carbocycles. The molecule has 0 aliphatic rings. The quantitative estimate of drug-likeness (QED) is 0.483. The van der Waals surface area contributed by atoms with Crippen LogP contribution in [-0.4, -0.2) is 5.78 Å². The largest absolute Gasteiger partial charge is 0.289 e. The molecular formula is C14H8Br3ClO. The summed E-state index contributed by atoms with van der Waals surface area (Å²) in [5, 5.41) is 0.441. The first-order valence-electron chi connectivity index (χ1n) is 5.35. The Hall–Kier alpha value is -0.160. The van der Waals surface area contributed by atoms with Crippen molar-refractivity contribution in [3.05, 3.63) is 65.5 Å². The van der Waals surface area contributed by atoms with Crippen molar-refractivity contribution < 1.29 is 4.79 Å². The molecule has 0 aromatic heterocycles. The first kappa shape index (κ1) is 15.2. The minimum Gasteiger partial charge on any atom is -0.289 e. The zero-order chi connectivity index (χ0) is 14.2. The van der Waals surface area contributed by atoms with Crippen molar-refractivity contribution in [3.8, 4) is 0 Å². The van der Waals surface area contributed by atoms with Crippen LogP contribution in [0.15, 0.2) is 43.7 Å². The van der Waals surface area contributed by atoms with Gasteiger partial charge in [-0.25, -0.2) is 0 Å². The van der Waals surface area contributed by atoms with Gasteiger partial charge in [-0.1, -0.05) is 59.4 Å². The predicted molar refractivity (Wildman–Crippen MR) is 89.2 cm³/mol. The van der Waals surface area contributed by atoms with Gasteiger partial charge in [0, 0.05) is 24.5 Å². The average molecular weight is 467 g/mol. The van der Waals surface area contributed by atoms with E-state index in [1.165, 1.54) is 0 Å². The summed E-state index contributed by atoms with van der Waals surface area (Å²) in [5.41, 5.74) is 2.12. The Kier molecular flexibility index (Phi) is 4.88. The molecule has 0 atom stereocenters. The minimum absolute atomic E-state index is 0.112. The minimum atomic E-state index is -0.112. The number of benzene rings is 2. The fourth-order valence-corrected chi connectivity index (χ4v) is 3.18. The zero-order valence-electron chi connectivity index (χ0n) is 9.81. The highest BCUT2D eigenvalue weighted by Crippen LogP contribution is 2.30. The van der Waals surface area contributed by atoms with E-state index in [1.54, 1.807) is 24.3 Å². The maximum atomic E-state index is 12.5. The summed E-state index contributed by atoms with van der Waals surface area (Å²) in [5.74, 6) is -0.112. The van der Waals surface area contributed by atoms with Crippen LogP contribution in [0, 0.1) is 6.92 Å². The monoisotopic (exact) mass is 464 g/mol. The highest BCUT2D eigenvalue weighted by Gasteiger charge is 2.17. The number of carbonyl (C=O) groups excluding carboxylic acids is 1. The van der Waals surface area contributed by atoms with E-state index in [1.807, 2.05) is 13.0 Å². The normalized spacial score (nSPS) is 10.6. The van der Waals surface area contributed by atoms with Crippen LogP contribution >= 0.6 is 59.4 Å². The van der Waals surface area contributed by atoms with Crippen LogP contribution in [0.2, 0.25) is 5.02 Å². The lowest BCUT2D eigenvalue weighted by molar-refractivity contribution is 0.103. The van der Waals surface area contributed by atoms with Gasteiger partial charge in [0.05, 0.1) is 5.02 Å². The first-order chi connectivity index (χ1) is 8.90. The summed E-state index contributed by atoms with van der Waals surface area (Å²) in [7, 11) is 0. The van der Waals surface area contributed by atoms with Crippen molar-refractivity contribution in [2.24, 2.45) is 0 Å². The van der Waals surface area contributed by atoms with Gasteiger partial charge in [-0.3, -0.25) is 4.79 Å². The maximum Gasteiger partial charge on any atom is 0.195 e. The zero-order valence-corrected chi connectivity index (χ0v) is 15.3. The molecule has 2 rings (SSSR count). The molecule has 0 aliphatic heterocycles. The number of carbonyl (C=O) groups is 1. The fraction of sp³-hybridized carbons (Fsp3) is 0.0714. The van der Waals surface area contributed by atoms with Gasteiger partial charge in [0.15, 0.2) is 5.78 Å². The molecule has 2 aromatic rings. The molecule has 98 valence electrons. The van der Waals surface area contributed by atoms with Crippen molar-refractivity contribution in [1.82, 2.24) is 0 Å². The molecule has 5 heteroatoms. The van der Waals surface area contributed by atoms with Crippen LogP contribution in [0.25, 0.3) is 0 Å². The molecule has 0 N–H and O–H groups in total. The maximum absolute atomic E-state index is 12.5. The smallest absolute Gasteiger partial charge is 0.195 e. The van der Waals surface area contributed by atoms with Crippen molar-refractivity contribution in [1.29, 1.82) is 0 Å². The summed E-state index contributed by atoms with van der Waals surface area (Å²) >= 11 is 16.3. The Morgan fingerprint density at radius 1 is 1.00 bits per heavy atom. The molecule has 0 radical (unpaired) electrons. The van der Waals surface area contributed by atoms with Gasteiger partial charge in [-0.15, -0.1) is 0 Å². The molecule has 0 heterocycles. The Bertz CT molecular complexity index is 668. The topological polar surface area (TPSA) is 17.1 Å². The SMILES string of the molecule is Cc1cc(Br)c(C(=O)c2cc(Br)ccc2Cl)cc1Br. The molecule has 0 unspecified atom stereocenters. The third kappa shape index (κ3) is 3.30. The van der Waals surface area contributed by atoms with Crippen LogP contribution in [0.1, 0.15) is 21.5 Å². The number of aryl methyl sites for hydroxylation is 1. The standard InChI is InChI=1S/C14H8Br3ClO/c1-7-4-12(17)9(6-11(7)16)14(19)10-5-8(15)2-3-13(10)18/h2-6H,1H3. The highest BCUT2D eigenvalue weighted by atomic mass is 79.9. The van der Waals surface area contributed by atoms with Crippen molar-refractivity contribution in [3.63, 3.8) is 0 Å². The number of hydrogen-bond acceptors (Lipinski definition) is 1. The second-order valence-corrected chi connectivity index (χ2v) is 7.07. The fourth-order valence-electron chi connectivity index (χ4n) is 1.64. The molecule has 0 spiro atoms. The van der Waals surface area contributed by atoms with Gasteiger partial charge in [0.25, 0.3) is 0 Å². The molecule has 0 aliphatic carbocycles. The van der Waals surface area contributed by atoms with E-state index in [9.17, 15) is 4.79 Å². The van der Waals surface area contributed by atoms with Crippen LogP contribution in [-0.2, 0) is 0 Å². The van der Waals surface area contributed by atoms with E-state index >= 15 is 0 Å². The predicted octanol–water partition coefficient (Wildman–Crippen LogP) is 6.17. The van der Waals surface area contributed by atoms with Gasteiger partial charge in [-0.2, -0.15) is 0 Å². The molecule has 0 amide bonds. The molecule has 0 bridgehead atoms. The van der Waals surface area contributed by atoms with E-state index in [2.05, 4.69) is 47.8 Å². The first-order valence-corrected chi connectivity index (χ1v) is 8.11. The van der Waals surface area contributed by atoms with Gasteiger partial charge in [0.1, 0.15) is 0 Å². The van der Waals surface area contributed by atoms with Crippen molar-refractivity contribution >= 4 is 65.2 Å². The Morgan fingerprint density at radius 2 is 1.68 bits per heavy atom. The van der Waals surface area contributed by atoms with Crippen molar-refractivity contribution in [2.75, 3.05) is 0 Å². The van der Waals surface area contributed by atoms with E-state index in [0.717, 1.165) is 19.0 Å². The number of halogens is 4. The van der Waals surface area contributed by atoms with Crippen molar-refractivity contribution in [2.45, 2.75) is 6.92 Å². The Morgan fingerprint density at radius 3 is 2.37 bits per heavy atom. The van der Waals surface area contributed by atoms with Gasteiger partial charge in [0.2, 0.25) is 0 Å². The molecule has 0 saturated heterocycles. The van der Waals surface area contributed by atoms with Gasteiger partial charge in [-0.05, 0) is 42.8 Å². The van der Waals surface area contributed by atoms with Crippen LogP contribution < -0.4 is 0 Å². The molecule has 1 nitrogen and oxygen atoms in total. The molecule has 19 heavy (non-hydrogen) atoms. The summed E-state index contributed by atoms with van der Waals surface area (Å²) in [6.07, 6.45) is 0. The number of ketones is 1. The lowest BCUT2D eigenvalue weighted by Crippen LogP contribution is -2.04. The van der Waals surface area contributed by atoms with Gasteiger partial charge >= 0.3 is 0 Å².